The Labute approximate surface area is 154 Å². The van der Waals surface area contributed by atoms with Crippen molar-refractivity contribution in [3.8, 4) is 11.3 Å². The first-order chi connectivity index (χ1) is 12.6. The summed E-state index contributed by atoms with van der Waals surface area (Å²) in [6.45, 7) is 0.393. The minimum absolute atomic E-state index is 0.153. The van der Waals surface area contributed by atoms with Crippen molar-refractivity contribution >= 4 is 23.2 Å². The van der Waals surface area contributed by atoms with Crippen molar-refractivity contribution in [1.29, 1.82) is 0 Å². The fourth-order valence-electron chi connectivity index (χ4n) is 2.34. The van der Waals surface area contributed by atoms with Gasteiger partial charge in [0, 0.05) is 37.8 Å². The van der Waals surface area contributed by atoms with Crippen molar-refractivity contribution in [3.05, 3.63) is 64.5 Å². The summed E-state index contributed by atoms with van der Waals surface area (Å²) < 4.78 is 0. The summed E-state index contributed by atoms with van der Waals surface area (Å²) in [5.74, 6) is -0.356. The smallest absolute Gasteiger partial charge is 0.271 e. The molecule has 3 aromatic rings. The minimum Gasteiger partial charge on any atom is -0.347 e. The van der Waals surface area contributed by atoms with Gasteiger partial charge in [0.2, 0.25) is 0 Å². The third kappa shape index (κ3) is 3.92. The van der Waals surface area contributed by atoms with E-state index in [0.29, 0.717) is 23.5 Å². The van der Waals surface area contributed by atoms with Gasteiger partial charge in [0.15, 0.2) is 0 Å². The van der Waals surface area contributed by atoms with Crippen LogP contribution >= 0.6 is 11.3 Å². The van der Waals surface area contributed by atoms with Crippen LogP contribution in [0.25, 0.3) is 11.3 Å². The summed E-state index contributed by atoms with van der Waals surface area (Å²) in [5.41, 5.74) is 4.82. The van der Waals surface area contributed by atoms with Crippen molar-refractivity contribution in [2.24, 2.45) is 0 Å². The lowest BCUT2D eigenvalue weighted by Crippen LogP contribution is -2.23. The van der Waals surface area contributed by atoms with Gasteiger partial charge in [-0.25, -0.2) is 15.0 Å². The number of nitrogens with zero attached hydrogens (tertiary/aromatic N) is 4. The number of hydrogen-bond donors (Lipinski definition) is 1. The Morgan fingerprint density at radius 3 is 2.58 bits per heavy atom. The number of carbonyl (C=O) groups is 2. The molecule has 26 heavy (non-hydrogen) atoms. The molecule has 0 aliphatic rings. The highest BCUT2D eigenvalue weighted by molar-refractivity contribution is 7.07. The van der Waals surface area contributed by atoms with Gasteiger partial charge in [-0.3, -0.25) is 9.59 Å². The summed E-state index contributed by atoms with van der Waals surface area (Å²) >= 11 is 1.38. The van der Waals surface area contributed by atoms with Crippen LogP contribution in [0.3, 0.4) is 0 Å². The third-order valence-corrected chi connectivity index (χ3v) is 4.28. The molecule has 0 radical (unpaired) electrons. The molecule has 132 valence electrons. The lowest BCUT2D eigenvalue weighted by atomic mass is 10.0. The number of rotatable bonds is 5. The quantitative estimate of drug-likeness (QED) is 0.747. The molecule has 1 aromatic carbocycles. The first-order valence-electron chi connectivity index (χ1n) is 7.83. The van der Waals surface area contributed by atoms with Crippen LogP contribution in [0, 0.1) is 0 Å². The normalized spacial score (nSPS) is 10.4. The minimum atomic E-state index is -0.204. The standard InChI is InChI=1S/C18H17N5O2S/c1-23(2)18(25)14-8-19-10-21-16(14)13-5-3-12(4-6-13)7-20-17(24)15-9-26-11-22-15/h3-6,8-11H,7H2,1-2H3,(H,20,24). The molecule has 2 heterocycles. The van der Waals surface area contributed by atoms with Gasteiger partial charge in [0.25, 0.3) is 11.8 Å². The van der Waals surface area contributed by atoms with Crippen LogP contribution in [0.1, 0.15) is 26.4 Å². The molecule has 0 fully saturated rings. The second-order valence-electron chi connectivity index (χ2n) is 5.74. The highest BCUT2D eigenvalue weighted by atomic mass is 32.1. The van der Waals surface area contributed by atoms with E-state index >= 15 is 0 Å². The molecule has 0 bridgehead atoms. The predicted octanol–water partition coefficient (Wildman–Crippen LogP) is 2.23. The Bertz CT molecular complexity index is 908. The topological polar surface area (TPSA) is 88.1 Å². The Hall–Kier alpha value is -3.13. The van der Waals surface area contributed by atoms with Crippen molar-refractivity contribution in [2.75, 3.05) is 14.1 Å². The van der Waals surface area contributed by atoms with Crippen LogP contribution in [-0.4, -0.2) is 45.8 Å². The molecule has 7 nitrogen and oxygen atoms in total. The van der Waals surface area contributed by atoms with E-state index in [0.717, 1.165) is 11.1 Å². The predicted molar refractivity (Wildman–Crippen MR) is 98.8 cm³/mol. The molecule has 3 rings (SSSR count). The van der Waals surface area contributed by atoms with E-state index in [2.05, 4.69) is 20.3 Å². The highest BCUT2D eigenvalue weighted by Gasteiger charge is 2.16. The van der Waals surface area contributed by atoms with Crippen LogP contribution < -0.4 is 5.32 Å². The van der Waals surface area contributed by atoms with E-state index in [-0.39, 0.29) is 11.8 Å². The van der Waals surface area contributed by atoms with Crippen LogP contribution in [0.15, 0.2) is 47.7 Å². The first kappa shape index (κ1) is 17.7. The summed E-state index contributed by atoms with van der Waals surface area (Å²) in [6, 6.07) is 7.53. The second-order valence-corrected chi connectivity index (χ2v) is 6.46. The van der Waals surface area contributed by atoms with E-state index in [4.69, 9.17) is 0 Å². The van der Waals surface area contributed by atoms with Gasteiger partial charge >= 0.3 is 0 Å². The maximum absolute atomic E-state index is 12.3. The van der Waals surface area contributed by atoms with Gasteiger partial charge in [0.05, 0.1) is 16.8 Å². The van der Waals surface area contributed by atoms with Gasteiger partial charge in [-0.05, 0) is 5.56 Å². The third-order valence-electron chi connectivity index (χ3n) is 3.69. The van der Waals surface area contributed by atoms with E-state index in [1.54, 1.807) is 25.0 Å². The number of hydrogen-bond acceptors (Lipinski definition) is 6. The molecule has 0 saturated carbocycles. The maximum atomic E-state index is 12.3. The zero-order valence-corrected chi connectivity index (χ0v) is 15.2. The summed E-state index contributed by atoms with van der Waals surface area (Å²) in [6.07, 6.45) is 2.94. The first-order valence-corrected chi connectivity index (χ1v) is 8.78. The average molecular weight is 367 g/mol. The Morgan fingerprint density at radius 1 is 1.15 bits per heavy atom. The molecule has 0 saturated heterocycles. The molecule has 0 spiro atoms. The molecule has 8 heteroatoms. The monoisotopic (exact) mass is 367 g/mol. The molecule has 0 atom stereocenters. The van der Waals surface area contributed by atoms with Crippen LogP contribution in [0.5, 0.6) is 0 Å². The molecule has 0 unspecified atom stereocenters. The van der Waals surface area contributed by atoms with Crippen LogP contribution in [0.2, 0.25) is 0 Å². The number of nitrogens with one attached hydrogen (secondary N) is 1. The van der Waals surface area contributed by atoms with E-state index < -0.39 is 0 Å². The molecule has 1 N–H and O–H groups in total. The zero-order valence-electron chi connectivity index (χ0n) is 14.3. The van der Waals surface area contributed by atoms with Gasteiger partial charge in [-0.15, -0.1) is 11.3 Å². The Balaban J connectivity index is 1.74. The summed E-state index contributed by atoms with van der Waals surface area (Å²) in [5, 5.41) is 4.53. The number of thiazole rings is 1. The van der Waals surface area contributed by atoms with Gasteiger partial charge < -0.3 is 10.2 Å². The van der Waals surface area contributed by atoms with Gasteiger partial charge in [0.1, 0.15) is 12.0 Å². The Kier molecular flexibility index (Phi) is 5.33. The number of amides is 2. The molecular weight excluding hydrogens is 350 g/mol. The van der Waals surface area contributed by atoms with Crippen molar-refractivity contribution < 1.29 is 9.59 Å². The number of benzene rings is 1. The van der Waals surface area contributed by atoms with E-state index in [9.17, 15) is 9.59 Å². The Morgan fingerprint density at radius 2 is 1.92 bits per heavy atom. The summed E-state index contributed by atoms with van der Waals surface area (Å²) in [4.78, 5) is 37.9. The van der Waals surface area contributed by atoms with Crippen molar-refractivity contribution in [3.63, 3.8) is 0 Å². The molecular formula is C18H17N5O2S. The summed E-state index contributed by atoms with van der Waals surface area (Å²) in [7, 11) is 3.38. The van der Waals surface area contributed by atoms with E-state index in [1.807, 2.05) is 24.3 Å². The lowest BCUT2D eigenvalue weighted by Gasteiger charge is -2.13. The molecule has 2 aromatic heterocycles. The molecule has 0 aliphatic carbocycles. The fourth-order valence-corrected chi connectivity index (χ4v) is 2.87. The molecule has 0 aliphatic heterocycles. The fraction of sp³-hybridized carbons (Fsp3) is 0.167. The van der Waals surface area contributed by atoms with Crippen molar-refractivity contribution in [1.82, 2.24) is 25.2 Å². The second kappa shape index (κ2) is 7.83. The number of carbonyl (C=O) groups excluding carboxylic acids is 2. The van der Waals surface area contributed by atoms with Gasteiger partial charge in [-0.2, -0.15) is 0 Å². The molecule has 2 amide bonds. The average Bonchev–Trinajstić information content (AvgIpc) is 3.21. The zero-order chi connectivity index (χ0) is 18.5. The van der Waals surface area contributed by atoms with Gasteiger partial charge in [-0.1, -0.05) is 24.3 Å². The van der Waals surface area contributed by atoms with Crippen LogP contribution in [-0.2, 0) is 6.54 Å². The largest absolute Gasteiger partial charge is 0.347 e. The lowest BCUT2D eigenvalue weighted by molar-refractivity contribution is 0.0827. The van der Waals surface area contributed by atoms with E-state index in [1.165, 1.54) is 28.8 Å². The highest BCUT2D eigenvalue weighted by Crippen LogP contribution is 2.22. The number of aromatic nitrogens is 3. The maximum Gasteiger partial charge on any atom is 0.271 e. The SMILES string of the molecule is CN(C)C(=O)c1cncnc1-c1ccc(CNC(=O)c2cscn2)cc1. The van der Waals surface area contributed by atoms with Crippen molar-refractivity contribution in [2.45, 2.75) is 6.54 Å². The van der Waals surface area contributed by atoms with Crippen LogP contribution in [0.4, 0.5) is 0 Å².